The highest BCUT2D eigenvalue weighted by molar-refractivity contribution is 6.31. The van der Waals surface area contributed by atoms with Crippen LogP contribution < -0.4 is 10.2 Å². The molecule has 4 nitrogen and oxygen atoms in total. The van der Waals surface area contributed by atoms with Gasteiger partial charge >= 0.3 is 0 Å². The molecule has 0 saturated carbocycles. The van der Waals surface area contributed by atoms with E-state index in [-0.39, 0.29) is 0 Å². The third-order valence-electron chi connectivity index (χ3n) is 2.54. The van der Waals surface area contributed by atoms with Crippen molar-refractivity contribution in [3.63, 3.8) is 0 Å². The number of hydrogen-bond donors (Lipinski definition) is 1. The maximum atomic E-state index is 5.99. The predicted molar refractivity (Wildman–Crippen MR) is 75.8 cm³/mol. The maximum Gasteiger partial charge on any atom is 0.135 e. The summed E-state index contributed by atoms with van der Waals surface area (Å²) in [6.45, 7) is 1.97. The van der Waals surface area contributed by atoms with Crippen LogP contribution in [0.1, 0.15) is 5.56 Å². The van der Waals surface area contributed by atoms with E-state index in [0.29, 0.717) is 0 Å². The zero-order chi connectivity index (χ0) is 13.1. The molecule has 18 heavy (non-hydrogen) atoms. The fourth-order valence-electron chi connectivity index (χ4n) is 1.53. The quantitative estimate of drug-likeness (QED) is 0.922. The van der Waals surface area contributed by atoms with Gasteiger partial charge in [-0.3, -0.25) is 0 Å². The molecule has 0 amide bonds. The lowest BCUT2D eigenvalue weighted by molar-refractivity contribution is 1.04. The highest BCUT2D eigenvalue weighted by atomic mass is 35.5. The Kier molecular flexibility index (Phi) is 3.67. The molecule has 2 aromatic rings. The van der Waals surface area contributed by atoms with Gasteiger partial charge in [0.1, 0.15) is 18.0 Å². The van der Waals surface area contributed by atoms with Crippen LogP contribution in [-0.2, 0) is 0 Å². The van der Waals surface area contributed by atoms with Crippen LogP contribution in [0.25, 0.3) is 0 Å². The van der Waals surface area contributed by atoms with Crippen LogP contribution in [0.2, 0.25) is 5.02 Å². The normalized spacial score (nSPS) is 10.2. The smallest absolute Gasteiger partial charge is 0.135 e. The second kappa shape index (κ2) is 5.23. The summed E-state index contributed by atoms with van der Waals surface area (Å²) in [5.41, 5.74) is 1.99. The van der Waals surface area contributed by atoms with E-state index < -0.39 is 0 Å². The van der Waals surface area contributed by atoms with Gasteiger partial charge in [0.15, 0.2) is 0 Å². The number of aromatic nitrogens is 2. The number of nitrogens with one attached hydrogen (secondary N) is 1. The molecular weight excluding hydrogens is 248 g/mol. The van der Waals surface area contributed by atoms with E-state index in [1.807, 2.05) is 50.2 Å². The molecule has 94 valence electrons. The van der Waals surface area contributed by atoms with Crippen LogP contribution in [0.4, 0.5) is 17.3 Å². The summed E-state index contributed by atoms with van der Waals surface area (Å²) >= 11 is 5.99. The Morgan fingerprint density at radius 1 is 1.17 bits per heavy atom. The van der Waals surface area contributed by atoms with Gasteiger partial charge in [-0.25, -0.2) is 9.97 Å². The fourth-order valence-corrected chi connectivity index (χ4v) is 1.65. The number of benzene rings is 1. The predicted octanol–water partition coefficient (Wildman–Crippen LogP) is 3.25. The van der Waals surface area contributed by atoms with Crippen LogP contribution in [0.15, 0.2) is 30.6 Å². The van der Waals surface area contributed by atoms with Crippen LogP contribution in [0.3, 0.4) is 0 Å². The molecule has 0 unspecified atom stereocenters. The van der Waals surface area contributed by atoms with E-state index in [2.05, 4.69) is 15.3 Å². The Morgan fingerprint density at radius 2 is 1.94 bits per heavy atom. The number of anilines is 3. The molecule has 0 bridgehead atoms. The van der Waals surface area contributed by atoms with Crippen LogP contribution in [0.5, 0.6) is 0 Å². The minimum Gasteiger partial charge on any atom is -0.363 e. The van der Waals surface area contributed by atoms with Crippen molar-refractivity contribution < 1.29 is 0 Å². The number of halogens is 1. The van der Waals surface area contributed by atoms with Gasteiger partial charge in [0, 0.05) is 30.9 Å². The molecule has 0 radical (unpaired) electrons. The van der Waals surface area contributed by atoms with E-state index in [1.54, 1.807) is 6.33 Å². The molecule has 0 aliphatic rings. The Balaban J connectivity index is 2.23. The molecule has 2 rings (SSSR count). The maximum absolute atomic E-state index is 5.99. The van der Waals surface area contributed by atoms with Crippen LogP contribution in [0, 0.1) is 6.92 Å². The lowest BCUT2D eigenvalue weighted by Crippen LogP contribution is -2.11. The number of hydrogen-bond acceptors (Lipinski definition) is 4. The zero-order valence-corrected chi connectivity index (χ0v) is 11.4. The first-order valence-corrected chi connectivity index (χ1v) is 5.96. The van der Waals surface area contributed by atoms with Gasteiger partial charge in [-0.05, 0) is 30.7 Å². The number of rotatable bonds is 3. The standard InChI is InChI=1S/C13H15ClN4/c1-9-6-10(4-5-11(9)14)17-12-7-13(18(2)3)16-8-15-12/h4-8H,1-3H3,(H,15,16,17). The van der Waals surface area contributed by atoms with Crippen molar-refractivity contribution in [3.05, 3.63) is 41.2 Å². The van der Waals surface area contributed by atoms with Gasteiger partial charge in [0.05, 0.1) is 0 Å². The summed E-state index contributed by atoms with van der Waals surface area (Å²) in [6, 6.07) is 7.67. The summed E-state index contributed by atoms with van der Waals surface area (Å²) in [6.07, 6.45) is 1.54. The van der Waals surface area contributed by atoms with Crippen molar-refractivity contribution >= 4 is 28.9 Å². The van der Waals surface area contributed by atoms with E-state index in [0.717, 1.165) is 27.9 Å². The monoisotopic (exact) mass is 262 g/mol. The van der Waals surface area contributed by atoms with Gasteiger partial charge in [0.2, 0.25) is 0 Å². The first kappa shape index (κ1) is 12.6. The van der Waals surface area contributed by atoms with Crippen molar-refractivity contribution in [1.82, 2.24) is 9.97 Å². The molecular formula is C13H15ClN4. The second-order valence-corrected chi connectivity index (χ2v) is 4.65. The van der Waals surface area contributed by atoms with Gasteiger partial charge in [-0.1, -0.05) is 11.6 Å². The Bertz CT molecular complexity index is 554. The molecule has 0 aliphatic carbocycles. The number of aryl methyl sites for hydroxylation is 1. The lowest BCUT2D eigenvalue weighted by Gasteiger charge is -2.12. The molecule has 0 aliphatic heterocycles. The third kappa shape index (κ3) is 2.90. The van der Waals surface area contributed by atoms with Crippen LogP contribution >= 0.6 is 11.6 Å². The average molecular weight is 263 g/mol. The molecule has 1 heterocycles. The van der Waals surface area contributed by atoms with E-state index in [1.165, 1.54) is 0 Å². The second-order valence-electron chi connectivity index (χ2n) is 4.24. The topological polar surface area (TPSA) is 41.0 Å². The lowest BCUT2D eigenvalue weighted by atomic mass is 10.2. The van der Waals surface area contributed by atoms with Crippen molar-refractivity contribution in [2.75, 3.05) is 24.3 Å². The summed E-state index contributed by atoms with van der Waals surface area (Å²) < 4.78 is 0. The van der Waals surface area contributed by atoms with Crippen molar-refractivity contribution in [3.8, 4) is 0 Å². The molecule has 1 N–H and O–H groups in total. The number of nitrogens with zero attached hydrogens (tertiary/aromatic N) is 3. The molecule has 1 aromatic heterocycles. The van der Waals surface area contributed by atoms with Gasteiger partial charge in [-0.2, -0.15) is 0 Å². The minimum absolute atomic E-state index is 0.760. The Hall–Kier alpha value is -1.81. The third-order valence-corrected chi connectivity index (χ3v) is 2.97. The molecule has 0 fully saturated rings. The van der Waals surface area contributed by atoms with E-state index in [9.17, 15) is 0 Å². The zero-order valence-electron chi connectivity index (χ0n) is 10.6. The molecule has 0 atom stereocenters. The molecule has 0 spiro atoms. The first-order chi connectivity index (χ1) is 8.56. The van der Waals surface area contributed by atoms with E-state index >= 15 is 0 Å². The largest absolute Gasteiger partial charge is 0.363 e. The summed E-state index contributed by atoms with van der Waals surface area (Å²) in [4.78, 5) is 10.3. The summed E-state index contributed by atoms with van der Waals surface area (Å²) in [7, 11) is 3.89. The summed E-state index contributed by atoms with van der Waals surface area (Å²) in [5.74, 6) is 1.62. The van der Waals surface area contributed by atoms with Crippen molar-refractivity contribution in [2.24, 2.45) is 0 Å². The summed E-state index contributed by atoms with van der Waals surface area (Å²) in [5, 5.41) is 3.99. The Labute approximate surface area is 112 Å². The minimum atomic E-state index is 0.760. The highest BCUT2D eigenvalue weighted by Crippen LogP contribution is 2.22. The SMILES string of the molecule is Cc1cc(Nc2cc(N(C)C)ncn2)ccc1Cl. The first-order valence-electron chi connectivity index (χ1n) is 5.59. The Morgan fingerprint density at radius 3 is 2.61 bits per heavy atom. The molecule has 0 saturated heterocycles. The molecule has 1 aromatic carbocycles. The van der Waals surface area contributed by atoms with E-state index in [4.69, 9.17) is 11.6 Å². The molecule has 5 heteroatoms. The average Bonchev–Trinajstić information content (AvgIpc) is 2.34. The van der Waals surface area contributed by atoms with Crippen molar-refractivity contribution in [1.29, 1.82) is 0 Å². The van der Waals surface area contributed by atoms with Gasteiger partial charge in [0.25, 0.3) is 0 Å². The van der Waals surface area contributed by atoms with Gasteiger partial charge < -0.3 is 10.2 Å². The van der Waals surface area contributed by atoms with Gasteiger partial charge in [-0.15, -0.1) is 0 Å². The van der Waals surface area contributed by atoms with Crippen LogP contribution in [-0.4, -0.2) is 24.1 Å². The highest BCUT2D eigenvalue weighted by Gasteiger charge is 2.02. The fraction of sp³-hybridized carbons (Fsp3) is 0.231. The van der Waals surface area contributed by atoms with Crippen molar-refractivity contribution in [2.45, 2.75) is 6.92 Å².